The third-order valence-electron chi connectivity index (χ3n) is 4.31. The van der Waals surface area contributed by atoms with Crippen LogP contribution < -0.4 is 10.6 Å². The van der Waals surface area contributed by atoms with E-state index in [1.807, 2.05) is 0 Å². The van der Waals surface area contributed by atoms with E-state index in [1.165, 1.54) is 36.1 Å². The smallest absolute Gasteiger partial charge is 0.0779 e. The fourth-order valence-corrected chi connectivity index (χ4v) is 3.50. The lowest BCUT2D eigenvalue weighted by atomic mass is 10.0. The summed E-state index contributed by atoms with van der Waals surface area (Å²) >= 11 is 0. The van der Waals surface area contributed by atoms with Gasteiger partial charge in [-0.2, -0.15) is 0 Å². The SMILES string of the molecule is Cc1cccc(CN)c1N1CCOC2CCCC21. The molecule has 2 unspecified atom stereocenters. The van der Waals surface area contributed by atoms with Crippen LogP contribution >= 0.6 is 0 Å². The minimum Gasteiger partial charge on any atom is -0.374 e. The lowest BCUT2D eigenvalue weighted by Gasteiger charge is -2.41. The van der Waals surface area contributed by atoms with E-state index in [0.717, 1.165) is 13.2 Å². The van der Waals surface area contributed by atoms with Crippen molar-refractivity contribution in [3.8, 4) is 0 Å². The molecule has 1 aromatic carbocycles. The molecular weight excluding hydrogens is 224 g/mol. The molecule has 1 saturated carbocycles. The molecule has 2 aliphatic rings. The maximum absolute atomic E-state index is 5.91. The fourth-order valence-electron chi connectivity index (χ4n) is 3.50. The predicted octanol–water partition coefficient (Wildman–Crippen LogP) is 2.21. The summed E-state index contributed by atoms with van der Waals surface area (Å²) in [7, 11) is 0. The summed E-state index contributed by atoms with van der Waals surface area (Å²) < 4.78 is 5.89. The highest BCUT2D eigenvalue weighted by Gasteiger charge is 2.37. The first-order chi connectivity index (χ1) is 8.81. The Morgan fingerprint density at radius 1 is 1.39 bits per heavy atom. The van der Waals surface area contributed by atoms with Crippen molar-refractivity contribution in [1.29, 1.82) is 0 Å². The molecule has 1 aromatic rings. The van der Waals surface area contributed by atoms with E-state index in [0.29, 0.717) is 18.7 Å². The molecule has 1 aliphatic carbocycles. The second-order valence-corrected chi connectivity index (χ2v) is 5.39. The average Bonchev–Trinajstić information content (AvgIpc) is 2.86. The molecule has 98 valence electrons. The molecule has 0 amide bonds. The molecule has 2 N–H and O–H groups in total. The summed E-state index contributed by atoms with van der Waals surface area (Å²) in [4.78, 5) is 2.55. The lowest BCUT2D eigenvalue weighted by molar-refractivity contribution is 0.0255. The van der Waals surface area contributed by atoms with E-state index < -0.39 is 0 Å². The Hall–Kier alpha value is -1.06. The van der Waals surface area contributed by atoms with Crippen LogP contribution in [-0.2, 0) is 11.3 Å². The molecule has 0 aromatic heterocycles. The van der Waals surface area contributed by atoms with Crippen LogP contribution in [-0.4, -0.2) is 25.3 Å². The van der Waals surface area contributed by atoms with Crippen LogP contribution in [0, 0.1) is 6.92 Å². The Morgan fingerprint density at radius 2 is 2.28 bits per heavy atom. The molecule has 0 spiro atoms. The number of nitrogens with zero attached hydrogens (tertiary/aromatic N) is 1. The molecule has 1 aliphatic heterocycles. The number of ether oxygens (including phenoxy) is 1. The van der Waals surface area contributed by atoms with Crippen molar-refractivity contribution in [3.05, 3.63) is 29.3 Å². The molecule has 3 heteroatoms. The third-order valence-corrected chi connectivity index (χ3v) is 4.31. The van der Waals surface area contributed by atoms with Gasteiger partial charge in [0.05, 0.1) is 18.8 Å². The predicted molar refractivity (Wildman–Crippen MR) is 73.8 cm³/mol. The summed E-state index contributed by atoms with van der Waals surface area (Å²) in [5.41, 5.74) is 9.87. The number of anilines is 1. The van der Waals surface area contributed by atoms with Gasteiger partial charge >= 0.3 is 0 Å². The average molecular weight is 246 g/mol. The van der Waals surface area contributed by atoms with Gasteiger partial charge in [0.1, 0.15) is 0 Å². The number of para-hydroxylation sites is 1. The first-order valence-electron chi connectivity index (χ1n) is 6.98. The highest BCUT2D eigenvalue weighted by molar-refractivity contribution is 5.60. The van der Waals surface area contributed by atoms with Gasteiger partial charge in [-0.1, -0.05) is 18.2 Å². The van der Waals surface area contributed by atoms with Crippen molar-refractivity contribution >= 4 is 5.69 Å². The number of hydrogen-bond donors (Lipinski definition) is 1. The van der Waals surface area contributed by atoms with E-state index in [2.05, 4.69) is 30.0 Å². The largest absolute Gasteiger partial charge is 0.374 e. The highest BCUT2D eigenvalue weighted by atomic mass is 16.5. The second kappa shape index (κ2) is 4.90. The summed E-state index contributed by atoms with van der Waals surface area (Å²) in [5.74, 6) is 0. The van der Waals surface area contributed by atoms with Crippen LogP contribution in [0.25, 0.3) is 0 Å². The van der Waals surface area contributed by atoms with E-state index in [4.69, 9.17) is 10.5 Å². The molecule has 2 atom stereocenters. The summed E-state index contributed by atoms with van der Waals surface area (Å²) in [6.45, 7) is 4.65. The number of aryl methyl sites for hydroxylation is 1. The van der Waals surface area contributed by atoms with E-state index in [1.54, 1.807) is 0 Å². The molecule has 1 heterocycles. The zero-order valence-electron chi connectivity index (χ0n) is 11.1. The first kappa shape index (κ1) is 12.0. The van der Waals surface area contributed by atoms with Crippen LogP contribution in [0.15, 0.2) is 18.2 Å². The molecule has 18 heavy (non-hydrogen) atoms. The van der Waals surface area contributed by atoms with Gasteiger partial charge in [0.2, 0.25) is 0 Å². The molecule has 3 nitrogen and oxygen atoms in total. The van der Waals surface area contributed by atoms with Gasteiger partial charge < -0.3 is 15.4 Å². The Kier molecular flexibility index (Phi) is 3.27. The van der Waals surface area contributed by atoms with Gasteiger partial charge in [-0.05, 0) is 37.3 Å². The van der Waals surface area contributed by atoms with Gasteiger partial charge in [0.25, 0.3) is 0 Å². The van der Waals surface area contributed by atoms with E-state index >= 15 is 0 Å². The van der Waals surface area contributed by atoms with Gasteiger partial charge in [0, 0.05) is 18.8 Å². The second-order valence-electron chi connectivity index (χ2n) is 5.39. The van der Waals surface area contributed by atoms with Gasteiger partial charge in [-0.3, -0.25) is 0 Å². The Labute approximate surface area is 109 Å². The Morgan fingerprint density at radius 3 is 3.11 bits per heavy atom. The minimum atomic E-state index is 0.434. The molecule has 0 radical (unpaired) electrons. The van der Waals surface area contributed by atoms with Crippen molar-refractivity contribution < 1.29 is 4.74 Å². The standard InChI is InChI=1S/C15H22N2O/c1-11-4-2-5-12(10-16)15(11)17-8-9-18-14-7-3-6-13(14)17/h2,4-5,13-14H,3,6-10,16H2,1H3. The lowest BCUT2D eigenvalue weighted by Crippen LogP contribution is -2.49. The van der Waals surface area contributed by atoms with Crippen molar-refractivity contribution in [2.24, 2.45) is 5.73 Å². The summed E-state index contributed by atoms with van der Waals surface area (Å²) in [6.07, 6.45) is 4.19. The van der Waals surface area contributed by atoms with Crippen LogP contribution in [0.1, 0.15) is 30.4 Å². The van der Waals surface area contributed by atoms with Gasteiger partial charge in [-0.25, -0.2) is 0 Å². The number of benzene rings is 1. The number of fused-ring (bicyclic) bond motifs is 1. The number of rotatable bonds is 2. The van der Waals surface area contributed by atoms with Crippen LogP contribution in [0.4, 0.5) is 5.69 Å². The van der Waals surface area contributed by atoms with Gasteiger partial charge in [0.15, 0.2) is 0 Å². The van der Waals surface area contributed by atoms with E-state index in [9.17, 15) is 0 Å². The maximum Gasteiger partial charge on any atom is 0.0779 e. The van der Waals surface area contributed by atoms with Crippen molar-refractivity contribution in [1.82, 2.24) is 0 Å². The number of morpholine rings is 1. The zero-order valence-corrected chi connectivity index (χ0v) is 11.1. The highest BCUT2D eigenvalue weighted by Crippen LogP contribution is 2.36. The van der Waals surface area contributed by atoms with E-state index in [-0.39, 0.29) is 0 Å². The molecular formula is C15H22N2O. The monoisotopic (exact) mass is 246 g/mol. The first-order valence-corrected chi connectivity index (χ1v) is 6.98. The topological polar surface area (TPSA) is 38.5 Å². The quantitative estimate of drug-likeness (QED) is 0.869. The van der Waals surface area contributed by atoms with Crippen LogP contribution in [0.3, 0.4) is 0 Å². The van der Waals surface area contributed by atoms with Crippen molar-refractivity contribution in [2.75, 3.05) is 18.1 Å². The Balaban J connectivity index is 1.98. The zero-order chi connectivity index (χ0) is 12.5. The third kappa shape index (κ3) is 1.91. The molecule has 1 saturated heterocycles. The fraction of sp³-hybridized carbons (Fsp3) is 0.600. The Bertz CT molecular complexity index is 433. The summed E-state index contributed by atoms with van der Waals surface area (Å²) in [5, 5.41) is 0. The van der Waals surface area contributed by atoms with Crippen LogP contribution in [0.5, 0.6) is 0 Å². The van der Waals surface area contributed by atoms with Gasteiger partial charge in [-0.15, -0.1) is 0 Å². The number of hydrogen-bond acceptors (Lipinski definition) is 3. The molecule has 0 bridgehead atoms. The normalized spacial score (nSPS) is 27.3. The maximum atomic E-state index is 5.91. The number of nitrogens with two attached hydrogens (primary N) is 1. The molecule has 3 rings (SSSR count). The molecule has 2 fully saturated rings. The van der Waals surface area contributed by atoms with Crippen molar-refractivity contribution in [2.45, 2.75) is 44.9 Å². The summed E-state index contributed by atoms with van der Waals surface area (Å²) in [6, 6.07) is 7.01. The van der Waals surface area contributed by atoms with Crippen LogP contribution in [0.2, 0.25) is 0 Å². The minimum absolute atomic E-state index is 0.434. The van der Waals surface area contributed by atoms with Crippen molar-refractivity contribution in [3.63, 3.8) is 0 Å².